The second-order valence-corrected chi connectivity index (χ2v) is 4.69. The molecule has 0 aromatic carbocycles. The van der Waals surface area contributed by atoms with E-state index in [1.165, 1.54) is 64.7 Å². The zero-order valence-corrected chi connectivity index (χ0v) is 12.3. The summed E-state index contributed by atoms with van der Waals surface area (Å²) in [7, 11) is 0. The number of nitrogens with two attached hydrogens (primary N) is 1. The van der Waals surface area contributed by atoms with Gasteiger partial charge in [-0.2, -0.15) is 0 Å². The van der Waals surface area contributed by atoms with Crippen LogP contribution in [0.3, 0.4) is 0 Å². The maximum atomic E-state index is 8.81. The van der Waals surface area contributed by atoms with Crippen LogP contribution >= 0.6 is 0 Å². The third-order valence-corrected chi connectivity index (χ3v) is 2.80. The van der Waals surface area contributed by atoms with Crippen LogP contribution in [0.1, 0.15) is 84.5 Å². The predicted molar refractivity (Wildman–Crippen MR) is 80.1 cm³/mol. The first kappa shape index (κ1) is 19.5. The van der Waals surface area contributed by atoms with Crippen LogP contribution in [0.2, 0.25) is 0 Å². The van der Waals surface area contributed by atoms with E-state index >= 15 is 0 Å². The Hall–Kier alpha value is -0.860. The molecule has 0 fully saturated rings. The zero-order valence-electron chi connectivity index (χ0n) is 12.3. The first-order valence-corrected chi connectivity index (χ1v) is 7.41. The van der Waals surface area contributed by atoms with Crippen molar-refractivity contribution in [2.75, 3.05) is 0 Å². The average molecular weight is 256 g/mol. The lowest BCUT2D eigenvalue weighted by molar-refractivity contribution is -0.106. The fourth-order valence-corrected chi connectivity index (χ4v) is 1.80. The molecule has 0 unspecified atom stereocenters. The van der Waals surface area contributed by atoms with Crippen molar-refractivity contribution in [3.63, 3.8) is 0 Å². The molecule has 0 saturated carbocycles. The van der Waals surface area contributed by atoms with Gasteiger partial charge in [-0.05, 0) is 13.3 Å². The Balaban J connectivity index is 0. The molecule has 0 atom stereocenters. The summed E-state index contributed by atoms with van der Waals surface area (Å²) in [5.41, 5.74) is 5.28. The predicted octanol–water partition coefficient (Wildman–Crippen LogP) is 4.44. The van der Waals surface area contributed by atoms with Crippen molar-refractivity contribution in [3.8, 4) is 0 Å². The number of nitrogens with one attached hydrogen (secondary N) is 1. The molecule has 108 valence electrons. The Morgan fingerprint density at radius 2 is 1.28 bits per heavy atom. The van der Waals surface area contributed by atoms with Gasteiger partial charge in [-0.1, -0.05) is 64.7 Å². The Labute approximate surface area is 113 Å². The highest BCUT2D eigenvalue weighted by Gasteiger charge is 1.93. The van der Waals surface area contributed by atoms with E-state index in [9.17, 15) is 0 Å². The Bertz CT molecular complexity index is 181. The monoisotopic (exact) mass is 256 g/mol. The molecule has 0 amide bonds. The maximum Gasteiger partial charge on any atom is 0.116 e. The first-order valence-electron chi connectivity index (χ1n) is 7.41. The highest BCUT2D eigenvalue weighted by atomic mass is 16.1. The summed E-state index contributed by atoms with van der Waals surface area (Å²) in [5.74, 6) is 0.342. The van der Waals surface area contributed by atoms with Gasteiger partial charge < -0.3 is 10.5 Å². The maximum absolute atomic E-state index is 8.81. The lowest BCUT2D eigenvalue weighted by atomic mass is 10.1. The van der Waals surface area contributed by atoms with E-state index < -0.39 is 0 Å². The molecule has 0 radical (unpaired) electrons. The van der Waals surface area contributed by atoms with E-state index in [0.717, 1.165) is 19.1 Å². The fourth-order valence-electron chi connectivity index (χ4n) is 1.80. The molecule has 3 nitrogen and oxygen atoms in total. The minimum Gasteiger partial charge on any atom is -0.388 e. The number of carbonyl (C=O) groups is 1. The van der Waals surface area contributed by atoms with Crippen LogP contribution < -0.4 is 5.73 Å². The topological polar surface area (TPSA) is 66.9 Å². The van der Waals surface area contributed by atoms with Crippen LogP contribution in [-0.2, 0) is 4.79 Å². The van der Waals surface area contributed by atoms with Gasteiger partial charge in [-0.15, -0.1) is 0 Å². The average Bonchev–Trinajstić information content (AvgIpc) is 2.32. The summed E-state index contributed by atoms with van der Waals surface area (Å²) in [4.78, 5) is 8.81. The third-order valence-electron chi connectivity index (χ3n) is 2.80. The molecule has 0 saturated heterocycles. The Morgan fingerprint density at radius 3 is 1.61 bits per heavy atom. The van der Waals surface area contributed by atoms with Crippen molar-refractivity contribution < 1.29 is 4.79 Å². The molecule has 0 bridgehead atoms. The largest absolute Gasteiger partial charge is 0.388 e. The first-order chi connectivity index (χ1) is 8.68. The molecule has 0 rings (SSSR count). The Kier molecular flexibility index (Phi) is 20.0. The van der Waals surface area contributed by atoms with Gasteiger partial charge in [0.2, 0.25) is 0 Å². The summed E-state index contributed by atoms with van der Waals surface area (Å²) < 4.78 is 0. The van der Waals surface area contributed by atoms with Gasteiger partial charge in [-0.25, -0.2) is 0 Å². The number of hydrogen-bond acceptors (Lipinski definition) is 2. The lowest BCUT2D eigenvalue weighted by Crippen LogP contribution is -2.08. The van der Waals surface area contributed by atoms with Gasteiger partial charge in [0.25, 0.3) is 0 Å². The molecule has 3 heteroatoms. The van der Waals surface area contributed by atoms with E-state index in [2.05, 4.69) is 6.92 Å². The summed E-state index contributed by atoms with van der Waals surface area (Å²) in [6.45, 7) is 3.70. The highest BCUT2D eigenvalue weighted by Crippen LogP contribution is 2.10. The van der Waals surface area contributed by atoms with Crippen LogP contribution in [0, 0.1) is 5.41 Å². The summed E-state index contributed by atoms with van der Waals surface area (Å²) in [5, 5.41) is 7.08. The van der Waals surface area contributed by atoms with Crippen molar-refractivity contribution in [1.29, 1.82) is 5.41 Å². The molecule has 3 N–H and O–H groups in total. The second-order valence-electron chi connectivity index (χ2n) is 4.69. The third kappa shape index (κ3) is 24.4. The van der Waals surface area contributed by atoms with Crippen LogP contribution in [0.4, 0.5) is 0 Å². The molecule has 18 heavy (non-hydrogen) atoms. The second kappa shape index (κ2) is 18.5. The standard InChI is InChI=1S/C13H28N2.C2H4O/c1-2-3-4-5-6-7-8-9-10-11-12-13(14)15;1-2-3/h2-12H2,1H3,(H3,14,15);2H,1H3. The van der Waals surface area contributed by atoms with Gasteiger partial charge in [0.15, 0.2) is 0 Å². The molecule has 0 aromatic heterocycles. The van der Waals surface area contributed by atoms with Crippen molar-refractivity contribution in [1.82, 2.24) is 0 Å². The summed E-state index contributed by atoms with van der Waals surface area (Å²) in [6.07, 6.45) is 14.9. The van der Waals surface area contributed by atoms with E-state index in [1.807, 2.05) is 0 Å². The molecule has 0 heterocycles. The van der Waals surface area contributed by atoms with Crippen molar-refractivity contribution in [2.24, 2.45) is 5.73 Å². The van der Waals surface area contributed by atoms with Crippen LogP contribution in [0.25, 0.3) is 0 Å². The van der Waals surface area contributed by atoms with E-state index in [1.54, 1.807) is 0 Å². The minimum absolute atomic E-state index is 0.342. The smallest absolute Gasteiger partial charge is 0.116 e. The molecule has 0 aliphatic carbocycles. The number of aldehydes is 1. The molecule has 0 aliphatic rings. The fraction of sp³-hybridized carbons (Fsp3) is 0.867. The Morgan fingerprint density at radius 1 is 0.944 bits per heavy atom. The normalized spacial score (nSPS) is 9.44. The molecule has 0 spiro atoms. The summed E-state index contributed by atoms with van der Waals surface area (Å²) >= 11 is 0. The highest BCUT2D eigenvalue weighted by molar-refractivity contribution is 5.76. The van der Waals surface area contributed by atoms with Gasteiger partial charge in [-0.3, -0.25) is 5.41 Å². The number of carbonyl (C=O) groups excluding carboxylic acids is 1. The number of rotatable bonds is 11. The summed E-state index contributed by atoms with van der Waals surface area (Å²) in [6, 6.07) is 0. The van der Waals surface area contributed by atoms with Gasteiger partial charge in [0.05, 0.1) is 5.84 Å². The van der Waals surface area contributed by atoms with Gasteiger partial charge in [0, 0.05) is 6.42 Å². The van der Waals surface area contributed by atoms with Crippen molar-refractivity contribution in [2.45, 2.75) is 84.5 Å². The van der Waals surface area contributed by atoms with Crippen LogP contribution in [0.5, 0.6) is 0 Å². The van der Waals surface area contributed by atoms with Crippen molar-refractivity contribution in [3.05, 3.63) is 0 Å². The number of hydrogen-bond donors (Lipinski definition) is 2. The van der Waals surface area contributed by atoms with E-state index in [-0.39, 0.29) is 0 Å². The number of amidine groups is 1. The van der Waals surface area contributed by atoms with Gasteiger partial charge >= 0.3 is 0 Å². The molecular formula is C15H32N2O. The zero-order chi connectivity index (χ0) is 14.1. The molecule has 0 aliphatic heterocycles. The van der Waals surface area contributed by atoms with E-state index in [4.69, 9.17) is 15.9 Å². The van der Waals surface area contributed by atoms with E-state index in [0.29, 0.717) is 5.84 Å². The van der Waals surface area contributed by atoms with Gasteiger partial charge in [0.1, 0.15) is 6.29 Å². The van der Waals surface area contributed by atoms with Crippen LogP contribution in [-0.4, -0.2) is 12.1 Å². The lowest BCUT2D eigenvalue weighted by Gasteiger charge is -2.01. The SMILES string of the molecule is CC=O.CCCCCCCCCCCCC(=N)N. The molecular weight excluding hydrogens is 224 g/mol. The van der Waals surface area contributed by atoms with Crippen LogP contribution in [0.15, 0.2) is 0 Å². The minimum atomic E-state index is 0.342. The van der Waals surface area contributed by atoms with Crippen molar-refractivity contribution >= 4 is 12.1 Å². The quantitative estimate of drug-likeness (QED) is 0.248. The number of unbranched alkanes of at least 4 members (excludes halogenated alkanes) is 9. The molecule has 0 aromatic rings.